The van der Waals surface area contributed by atoms with Crippen molar-refractivity contribution < 1.29 is 29.4 Å². The number of carboxylic acids is 1. The van der Waals surface area contributed by atoms with Gasteiger partial charge in [-0.1, -0.05) is 53.5 Å². The second kappa shape index (κ2) is 11.4. The monoisotopic (exact) mass is 481 g/mol. The first-order valence-electron chi connectivity index (χ1n) is 9.41. The molecule has 0 saturated heterocycles. The van der Waals surface area contributed by atoms with Crippen LogP contribution in [0.15, 0.2) is 42.5 Å². The smallest absolute Gasteiger partial charge is 0.326 e. The van der Waals surface area contributed by atoms with Gasteiger partial charge >= 0.3 is 5.97 Å². The summed E-state index contributed by atoms with van der Waals surface area (Å²) in [5, 5.41) is 25.7. The van der Waals surface area contributed by atoms with E-state index in [1.165, 1.54) is 19.1 Å². The zero-order valence-corrected chi connectivity index (χ0v) is 18.4. The van der Waals surface area contributed by atoms with Gasteiger partial charge in [-0.05, 0) is 24.6 Å². The van der Waals surface area contributed by atoms with E-state index in [-0.39, 0.29) is 27.8 Å². The van der Waals surface area contributed by atoms with Crippen LogP contribution in [0.3, 0.4) is 0 Å². The second-order valence-corrected chi connectivity index (χ2v) is 7.66. The average Bonchev–Trinajstić information content (AvgIpc) is 2.75. The molecule has 0 heterocycles. The topological polar surface area (TPSA) is 145 Å². The molecule has 0 aliphatic heterocycles. The number of carbonyl (C=O) groups excluding carboxylic acids is 3. The van der Waals surface area contributed by atoms with Crippen LogP contribution in [0.25, 0.3) is 0 Å². The summed E-state index contributed by atoms with van der Waals surface area (Å²) in [6.45, 7) is 0.926. The number of hydrogen-bond donors (Lipinski definition) is 5. The first-order valence-corrected chi connectivity index (χ1v) is 10.2. The molecule has 0 spiro atoms. The van der Waals surface area contributed by atoms with E-state index in [9.17, 15) is 29.4 Å². The van der Waals surface area contributed by atoms with E-state index in [4.69, 9.17) is 23.2 Å². The molecule has 0 bridgehead atoms. The maximum Gasteiger partial charge on any atom is 0.326 e. The number of phenols is 1. The van der Waals surface area contributed by atoms with Crippen LogP contribution in [-0.2, 0) is 20.8 Å². The van der Waals surface area contributed by atoms with Gasteiger partial charge in [0.1, 0.15) is 12.1 Å². The minimum Gasteiger partial charge on any atom is -0.505 e. The fraction of sp³-hybridized carbons (Fsp3) is 0.238. The van der Waals surface area contributed by atoms with Crippen molar-refractivity contribution in [1.82, 2.24) is 16.0 Å². The number of hydrogen-bond acceptors (Lipinski definition) is 5. The Kier molecular flexibility index (Phi) is 8.86. The fourth-order valence-corrected chi connectivity index (χ4v) is 3.15. The van der Waals surface area contributed by atoms with Crippen LogP contribution in [0.1, 0.15) is 22.8 Å². The Morgan fingerprint density at radius 2 is 1.59 bits per heavy atom. The maximum absolute atomic E-state index is 12.3. The fourth-order valence-electron chi connectivity index (χ4n) is 2.66. The number of carboxylic acid groups (broad SMARTS) is 1. The van der Waals surface area contributed by atoms with Crippen LogP contribution in [0.5, 0.6) is 5.75 Å². The van der Waals surface area contributed by atoms with E-state index in [1.54, 1.807) is 30.3 Å². The predicted octanol–water partition coefficient (Wildman–Crippen LogP) is 1.75. The highest BCUT2D eigenvalue weighted by molar-refractivity contribution is 6.37. The number of aromatic hydroxyl groups is 1. The van der Waals surface area contributed by atoms with E-state index in [1.807, 2.05) is 0 Å². The van der Waals surface area contributed by atoms with Crippen molar-refractivity contribution in [2.45, 2.75) is 25.4 Å². The Morgan fingerprint density at radius 3 is 2.16 bits per heavy atom. The van der Waals surface area contributed by atoms with Gasteiger partial charge in [0, 0.05) is 12.0 Å². The summed E-state index contributed by atoms with van der Waals surface area (Å²) in [5.41, 5.74) is 0.760. The largest absolute Gasteiger partial charge is 0.505 e. The highest BCUT2D eigenvalue weighted by Gasteiger charge is 2.24. The molecule has 0 saturated carbocycles. The quantitative estimate of drug-likeness (QED) is 0.368. The van der Waals surface area contributed by atoms with Crippen molar-refractivity contribution in [1.29, 1.82) is 0 Å². The molecule has 2 atom stereocenters. The highest BCUT2D eigenvalue weighted by atomic mass is 35.5. The molecule has 0 fully saturated rings. The third-order valence-corrected chi connectivity index (χ3v) is 4.93. The minimum absolute atomic E-state index is 0.0293. The normalized spacial score (nSPS) is 12.3. The van der Waals surface area contributed by atoms with Crippen molar-refractivity contribution >= 4 is 46.9 Å². The molecule has 9 nitrogen and oxygen atoms in total. The van der Waals surface area contributed by atoms with Crippen LogP contribution < -0.4 is 16.0 Å². The summed E-state index contributed by atoms with van der Waals surface area (Å²) in [5.74, 6) is -3.61. The van der Waals surface area contributed by atoms with Gasteiger partial charge in [0.05, 0.1) is 16.6 Å². The van der Waals surface area contributed by atoms with Crippen molar-refractivity contribution in [3.05, 3.63) is 63.6 Å². The van der Waals surface area contributed by atoms with E-state index in [2.05, 4.69) is 16.0 Å². The van der Waals surface area contributed by atoms with Crippen LogP contribution in [-0.4, -0.2) is 52.5 Å². The number of amides is 3. The lowest BCUT2D eigenvalue weighted by Gasteiger charge is -2.19. The first kappa shape index (κ1) is 25.0. The summed E-state index contributed by atoms with van der Waals surface area (Å²) >= 11 is 11.5. The number of nitrogens with one attached hydrogen (secondary N) is 3. The van der Waals surface area contributed by atoms with Gasteiger partial charge in [0.25, 0.3) is 5.91 Å². The van der Waals surface area contributed by atoms with Gasteiger partial charge in [0.2, 0.25) is 11.8 Å². The van der Waals surface area contributed by atoms with Gasteiger partial charge in [-0.3, -0.25) is 14.4 Å². The third kappa shape index (κ3) is 7.14. The lowest BCUT2D eigenvalue weighted by atomic mass is 10.1. The third-order valence-electron chi connectivity index (χ3n) is 4.36. The SMILES string of the molecule is C[C@H](NC(=O)CNC(=O)c1cc(Cl)c(O)c(Cl)c1)C(=O)N[C@@H](Cc1ccccc1)C(=O)O. The maximum atomic E-state index is 12.3. The molecule has 0 radical (unpaired) electrons. The Balaban J connectivity index is 1.87. The summed E-state index contributed by atoms with van der Waals surface area (Å²) in [6.07, 6.45) is 0.0797. The lowest BCUT2D eigenvalue weighted by molar-refractivity contribution is -0.142. The average molecular weight is 482 g/mol. The number of halogens is 2. The highest BCUT2D eigenvalue weighted by Crippen LogP contribution is 2.32. The summed E-state index contributed by atoms with van der Waals surface area (Å²) in [4.78, 5) is 48.0. The Bertz CT molecular complexity index is 993. The van der Waals surface area contributed by atoms with Gasteiger partial charge in [-0.2, -0.15) is 0 Å². The number of rotatable bonds is 9. The number of benzene rings is 2. The molecule has 3 amide bonds. The van der Waals surface area contributed by atoms with Crippen LogP contribution in [0, 0.1) is 0 Å². The van der Waals surface area contributed by atoms with E-state index < -0.39 is 42.3 Å². The Morgan fingerprint density at radius 1 is 1.00 bits per heavy atom. The molecular formula is C21H21Cl2N3O6. The zero-order valence-electron chi connectivity index (χ0n) is 16.9. The van der Waals surface area contributed by atoms with E-state index in [0.717, 1.165) is 5.56 Å². The number of aliphatic carboxylic acids is 1. The zero-order chi connectivity index (χ0) is 23.8. The Labute approximate surface area is 193 Å². The molecule has 32 heavy (non-hydrogen) atoms. The molecule has 2 rings (SSSR count). The summed E-state index contributed by atoms with van der Waals surface area (Å²) < 4.78 is 0. The molecule has 0 aliphatic rings. The standard InChI is InChI=1S/C21H21Cl2N3O6/c1-11(19(29)26-16(21(31)32)7-12-5-3-2-4-6-12)25-17(27)10-24-20(30)13-8-14(22)18(28)15(23)9-13/h2-6,8-9,11,16,28H,7,10H2,1H3,(H,24,30)(H,25,27)(H,26,29)(H,31,32)/t11-,16-/m0/s1. The predicted molar refractivity (Wildman–Crippen MR) is 118 cm³/mol. The molecule has 0 unspecified atom stereocenters. The molecular weight excluding hydrogens is 461 g/mol. The minimum atomic E-state index is -1.21. The van der Waals surface area contributed by atoms with Gasteiger partial charge in [0.15, 0.2) is 5.75 Å². The molecule has 2 aromatic carbocycles. The van der Waals surface area contributed by atoms with Crippen LogP contribution >= 0.6 is 23.2 Å². The van der Waals surface area contributed by atoms with Crippen molar-refractivity contribution in [2.24, 2.45) is 0 Å². The molecule has 170 valence electrons. The Hall–Kier alpha value is -3.30. The molecule has 0 aliphatic carbocycles. The van der Waals surface area contributed by atoms with Gasteiger partial charge in [-0.15, -0.1) is 0 Å². The first-order chi connectivity index (χ1) is 15.1. The van der Waals surface area contributed by atoms with Crippen molar-refractivity contribution in [3.8, 4) is 5.75 Å². The lowest BCUT2D eigenvalue weighted by Crippen LogP contribution is -2.52. The van der Waals surface area contributed by atoms with Gasteiger partial charge < -0.3 is 26.2 Å². The summed E-state index contributed by atoms with van der Waals surface area (Å²) in [7, 11) is 0. The molecule has 5 N–H and O–H groups in total. The van der Waals surface area contributed by atoms with Crippen molar-refractivity contribution in [2.75, 3.05) is 6.54 Å². The van der Waals surface area contributed by atoms with E-state index in [0.29, 0.717) is 0 Å². The number of phenolic OH excluding ortho intramolecular Hbond substituents is 1. The molecule has 0 aromatic heterocycles. The van der Waals surface area contributed by atoms with E-state index >= 15 is 0 Å². The summed E-state index contributed by atoms with van der Waals surface area (Å²) in [6, 6.07) is 8.94. The molecule has 11 heteroatoms. The van der Waals surface area contributed by atoms with Crippen LogP contribution in [0.4, 0.5) is 0 Å². The van der Waals surface area contributed by atoms with Gasteiger partial charge in [-0.25, -0.2) is 4.79 Å². The van der Waals surface area contributed by atoms with Crippen LogP contribution in [0.2, 0.25) is 10.0 Å². The molecule has 2 aromatic rings. The number of carbonyl (C=O) groups is 4. The second-order valence-electron chi connectivity index (χ2n) is 6.85. The van der Waals surface area contributed by atoms with Crippen molar-refractivity contribution in [3.63, 3.8) is 0 Å².